The molecule has 108 valence electrons. The van der Waals surface area contributed by atoms with Crippen LogP contribution in [0.15, 0.2) is 22.7 Å². The molecule has 0 aromatic heterocycles. The molecule has 1 aliphatic rings. The molecule has 2 N–H and O–H groups in total. The number of carboxylic acid groups (broad SMARTS) is 1. The van der Waals surface area contributed by atoms with Crippen LogP contribution in [-0.4, -0.2) is 24.1 Å². The molecule has 1 saturated carbocycles. The van der Waals surface area contributed by atoms with Crippen LogP contribution in [0.2, 0.25) is 0 Å². The van der Waals surface area contributed by atoms with Crippen LogP contribution in [0.5, 0.6) is 5.75 Å². The van der Waals surface area contributed by atoms with Crippen LogP contribution < -0.4 is 10.1 Å². The Morgan fingerprint density at radius 2 is 2.15 bits per heavy atom. The third-order valence-electron chi connectivity index (χ3n) is 3.47. The highest BCUT2D eigenvalue weighted by Crippen LogP contribution is 2.39. The van der Waals surface area contributed by atoms with Gasteiger partial charge in [0.2, 0.25) is 5.91 Å². The van der Waals surface area contributed by atoms with Crippen LogP contribution in [0.25, 0.3) is 0 Å². The van der Waals surface area contributed by atoms with Crippen molar-refractivity contribution in [2.75, 3.05) is 7.11 Å². The van der Waals surface area contributed by atoms with Crippen LogP contribution in [0.4, 0.5) is 0 Å². The lowest BCUT2D eigenvalue weighted by molar-refractivity contribution is -0.140. The highest BCUT2D eigenvalue weighted by atomic mass is 79.9. The van der Waals surface area contributed by atoms with Crippen molar-refractivity contribution in [3.05, 3.63) is 28.2 Å². The molecule has 1 fully saturated rings. The Labute approximate surface area is 125 Å². The molecule has 0 spiro atoms. The molecule has 0 saturated heterocycles. The SMILES string of the molecule is COc1cc(Br)ccc1C(C)NC(=O)C1CC1C(=O)O. The van der Waals surface area contributed by atoms with E-state index >= 15 is 0 Å². The van der Waals surface area contributed by atoms with Crippen molar-refractivity contribution in [3.8, 4) is 5.75 Å². The minimum absolute atomic E-state index is 0.213. The number of rotatable bonds is 5. The van der Waals surface area contributed by atoms with Gasteiger partial charge in [0.15, 0.2) is 0 Å². The van der Waals surface area contributed by atoms with E-state index in [4.69, 9.17) is 9.84 Å². The minimum atomic E-state index is -0.904. The first-order valence-electron chi connectivity index (χ1n) is 6.30. The van der Waals surface area contributed by atoms with Gasteiger partial charge in [-0.25, -0.2) is 0 Å². The number of nitrogens with one attached hydrogen (secondary N) is 1. The average Bonchev–Trinajstić information content (AvgIpc) is 3.18. The Morgan fingerprint density at radius 3 is 2.70 bits per heavy atom. The van der Waals surface area contributed by atoms with Gasteiger partial charge < -0.3 is 15.2 Å². The number of carboxylic acids is 1. The van der Waals surface area contributed by atoms with Crippen LogP contribution >= 0.6 is 15.9 Å². The molecular weight excluding hydrogens is 326 g/mol. The Balaban J connectivity index is 2.04. The summed E-state index contributed by atoms with van der Waals surface area (Å²) < 4.78 is 6.18. The first-order chi connectivity index (χ1) is 9.43. The van der Waals surface area contributed by atoms with Gasteiger partial charge in [-0.1, -0.05) is 22.0 Å². The van der Waals surface area contributed by atoms with Crippen molar-refractivity contribution < 1.29 is 19.4 Å². The molecule has 1 aliphatic carbocycles. The maximum Gasteiger partial charge on any atom is 0.307 e. The third-order valence-corrected chi connectivity index (χ3v) is 3.96. The lowest BCUT2D eigenvalue weighted by atomic mass is 10.1. The highest BCUT2D eigenvalue weighted by Gasteiger charge is 2.48. The highest BCUT2D eigenvalue weighted by molar-refractivity contribution is 9.10. The predicted molar refractivity (Wildman–Crippen MR) is 76.5 cm³/mol. The summed E-state index contributed by atoms with van der Waals surface area (Å²) in [6, 6.07) is 5.34. The Kier molecular flexibility index (Phi) is 4.32. The number of halogens is 1. The number of ether oxygens (including phenoxy) is 1. The zero-order chi connectivity index (χ0) is 14.9. The second kappa shape index (κ2) is 5.83. The van der Waals surface area contributed by atoms with E-state index in [0.29, 0.717) is 12.2 Å². The zero-order valence-corrected chi connectivity index (χ0v) is 12.8. The zero-order valence-electron chi connectivity index (χ0n) is 11.2. The molecule has 1 aromatic carbocycles. The molecular formula is C14H16BrNO4. The van der Waals surface area contributed by atoms with Gasteiger partial charge in [0.05, 0.1) is 25.0 Å². The number of benzene rings is 1. The lowest BCUT2D eigenvalue weighted by Crippen LogP contribution is -2.29. The lowest BCUT2D eigenvalue weighted by Gasteiger charge is -2.17. The molecule has 20 heavy (non-hydrogen) atoms. The van der Waals surface area contributed by atoms with Gasteiger partial charge in [0.25, 0.3) is 0 Å². The van der Waals surface area contributed by atoms with Crippen molar-refractivity contribution in [1.29, 1.82) is 0 Å². The largest absolute Gasteiger partial charge is 0.496 e. The summed E-state index contributed by atoms with van der Waals surface area (Å²) in [5.41, 5.74) is 0.858. The van der Waals surface area contributed by atoms with E-state index in [2.05, 4.69) is 21.2 Å². The van der Waals surface area contributed by atoms with Gasteiger partial charge in [-0.2, -0.15) is 0 Å². The topological polar surface area (TPSA) is 75.6 Å². The molecule has 6 heteroatoms. The fraction of sp³-hybridized carbons (Fsp3) is 0.429. The molecule has 1 aromatic rings. The molecule has 0 radical (unpaired) electrons. The molecule has 0 heterocycles. The van der Waals surface area contributed by atoms with Gasteiger partial charge >= 0.3 is 5.97 Å². The Bertz CT molecular complexity index is 546. The van der Waals surface area contributed by atoms with Crippen molar-refractivity contribution in [1.82, 2.24) is 5.32 Å². The third kappa shape index (κ3) is 3.12. The van der Waals surface area contributed by atoms with E-state index in [9.17, 15) is 9.59 Å². The van der Waals surface area contributed by atoms with Crippen molar-refractivity contribution >= 4 is 27.8 Å². The number of carbonyl (C=O) groups is 2. The Hall–Kier alpha value is -1.56. The average molecular weight is 342 g/mol. The molecule has 3 atom stereocenters. The van der Waals surface area contributed by atoms with Gasteiger partial charge in [-0.15, -0.1) is 0 Å². The number of methoxy groups -OCH3 is 1. The number of hydrogen-bond donors (Lipinski definition) is 2. The summed E-state index contributed by atoms with van der Waals surface area (Å²) in [6.45, 7) is 1.85. The monoisotopic (exact) mass is 341 g/mol. The molecule has 1 amide bonds. The Morgan fingerprint density at radius 1 is 1.45 bits per heavy atom. The van der Waals surface area contributed by atoms with Gasteiger partial charge in [-0.05, 0) is 25.5 Å². The number of aliphatic carboxylic acids is 1. The predicted octanol–water partition coefficient (Wildman–Crippen LogP) is 2.36. The molecule has 2 rings (SSSR count). The number of amides is 1. The number of hydrogen-bond acceptors (Lipinski definition) is 3. The summed E-state index contributed by atoms with van der Waals surface area (Å²) in [5, 5.41) is 11.7. The van der Waals surface area contributed by atoms with Crippen molar-refractivity contribution in [2.45, 2.75) is 19.4 Å². The summed E-state index contributed by atoms with van der Waals surface area (Å²) in [7, 11) is 1.57. The second-order valence-corrected chi connectivity index (χ2v) is 5.82. The van der Waals surface area contributed by atoms with Crippen LogP contribution in [0.3, 0.4) is 0 Å². The smallest absolute Gasteiger partial charge is 0.307 e. The van der Waals surface area contributed by atoms with E-state index in [1.807, 2.05) is 25.1 Å². The molecule has 5 nitrogen and oxygen atoms in total. The van der Waals surface area contributed by atoms with Gasteiger partial charge in [0, 0.05) is 10.0 Å². The van der Waals surface area contributed by atoms with Gasteiger partial charge in [-0.3, -0.25) is 9.59 Å². The fourth-order valence-electron chi connectivity index (χ4n) is 2.20. The minimum Gasteiger partial charge on any atom is -0.496 e. The van der Waals surface area contributed by atoms with Crippen molar-refractivity contribution in [2.24, 2.45) is 11.8 Å². The first-order valence-corrected chi connectivity index (χ1v) is 7.10. The standard InChI is InChI=1S/C14H16BrNO4/c1-7(9-4-3-8(15)5-12(9)20-2)16-13(17)10-6-11(10)14(18)19/h3-5,7,10-11H,6H2,1-2H3,(H,16,17)(H,18,19). The quantitative estimate of drug-likeness (QED) is 0.861. The van der Waals surface area contributed by atoms with E-state index < -0.39 is 17.8 Å². The van der Waals surface area contributed by atoms with E-state index in [1.54, 1.807) is 7.11 Å². The fourth-order valence-corrected chi connectivity index (χ4v) is 2.54. The second-order valence-electron chi connectivity index (χ2n) is 4.90. The van der Waals surface area contributed by atoms with Crippen LogP contribution in [0.1, 0.15) is 24.9 Å². The van der Waals surface area contributed by atoms with Gasteiger partial charge in [0.1, 0.15) is 5.75 Å². The molecule has 3 unspecified atom stereocenters. The summed E-state index contributed by atoms with van der Waals surface area (Å²) >= 11 is 3.36. The maximum atomic E-state index is 11.9. The van der Waals surface area contributed by atoms with Crippen LogP contribution in [-0.2, 0) is 9.59 Å². The molecule has 0 aliphatic heterocycles. The summed E-state index contributed by atoms with van der Waals surface area (Å²) in [6.07, 6.45) is 0.422. The van der Waals surface area contributed by atoms with E-state index in [1.165, 1.54) is 0 Å². The van der Waals surface area contributed by atoms with Crippen molar-refractivity contribution in [3.63, 3.8) is 0 Å². The van der Waals surface area contributed by atoms with Crippen LogP contribution in [0, 0.1) is 11.8 Å². The summed E-state index contributed by atoms with van der Waals surface area (Å²) in [4.78, 5) is 22.7. The molecule has 0 bridgehead atoms. The van der Waals surface area contributed by atoms with E-state index in [-0.39, 0.29) is 11.9 Å². The number of carbonyl (C=O) groups excluding carboxylic acids is 1. The first kappa shape index (κ1) is 14.8. The normalized spacial score (nSPS) is 21.9. The summed E-state index contributed by atoms with van der Waals surface area (Å²) in [5.74, 6) is -1.38. The van der Waals surface area contributed by atoms with E-state index in [0.717, 1.165) is 10.0 Å². The maximum absolute atomic E-state index is 11.9.